The molecule has 0 radical (unpaired) electrons. The van der Waals surface area contributed by atoms with Crippen molar-refractivity contribution < 1.29 is 4.74 Å². The molecule has 0 atom stereocenters. The van der Waals surface area contributed by atoms with Crippen LogP contribution in [0, 0.1) is 11.8 Å². The fourth-order valence-corrected chi connectivity index (χ4v) is 1.17. The number of rotatable bonds is 4. The molecule has 0 N–H and O–H groups in total. The number of hydrogen-bond donors (Lipinski definition) is 0. The van der Waals surface area contributed by atoms with Crippen LogP contribution in [0.2, 0.25) is 0 Å². The van der Waals surface area contributed by atoms with Gasteiger partial charge in [0, 0.05) is 0 Å². The topological polar surface area (TPSA) is 9.23 Å². The lowest BCUT2D eigenvalue weighted by molar-refractivity contribution is 0.302. The SMILES string of the molecule is C=C/C=C\C=C(/C)OC1=CC=C(C)C#CC1. The first-order valence-electron chi connectivity index (χ1n) is 5.22. The molecule has 1 aliphatic carbocycles. The minimum absolute atomic E-state index is 0.657. The molecule has 0 aromatic heterocycles. The van der Waals surface area contributed by atoms with Crippen LogP contribution in [0.1, 0.15) is 20.3 Å². The van der Waals surface area contributed by atoms with Crippen LogP contribution in [0.3, 0.4) is 0 Å². The van der Waals surface area contributed by atoms with Gasteiger partial charge >= 0.3 is 0 Å². The van der Waals surface area contributed by atoms with Gasteiger partial charge in [-0.3, -0.25) is 0 Å². The Kier molecular flexibility index (Phi) is 4.95. The van der Waals surface area contributed by atoms with Gasteiger partial charge < -0.3 is 4.74 Å². The Morgan fingerprint density at radius 2 is 2.25 bits per heavy atom. The van der Waals surface area contributed by atoms with E-state index in [-0.39, 0.29) is 0 Å². The fraction of sp³-hybridized carbons (Fsp3) is 0.200. The van der Waals surface area contributed by atoms with E-state index in [0.29, 0.717) is 6.42 Å². The monoisotopic (exact) mass is 212 g/mol. The minimum atomic E-state index is 0.657. The van der Waals surface area contributed by atoms with E-state index in [4.69, 9.17) is 4.74 Å². The van der Waals surface area contributed by atoms with E-state index < -0.39 is 0 Å². The third-order valence-corrected chi connectivity index (χ3v) is 1.94. The third-order valence-electron chi connectivity index (χ3n) is 1.94. The molecule has 0 saturated heterocycles. The summed E-state index contributed by atoms with van der Waals surface area (Å²) < 4.78 is 5.66. The van der Waals surface area contributed by atoms with Crippen molar-refractivity contribution in [3.05, 3.63) is 60.1 Å². The van der Waals surface area contributed by atoms with Crippen molar-refractivity contribution in [1.29, 1.82) is 0 Å². The van der Waals surface area contributed by atoms with Crippen LogP contribution in [0.15, 0.2) is 60.1 Å². The van der Waals surface area contributed by atoms with Crippen LogP contribution in [-0.4, -0.2) is 0 Å². The molecule has 0 aromatic carbocycles. The summed E-state index contributed by atoms with van der Waals surface area (Å²) in [5, 5.41) is 0. The third kappa shape index (κ3) is 4.52. The van der Waals surface area contributed by atoms with Gasteiger partial charge in [-0.05, 0) is 37.6 Å². The Morgan fingerprint density at radius 1 is 1.44 bits per heavy atom. The van der Waals surface area contributed by atoms with E-state index >= 15 is 0 Å². The van der Waals surface area contributed by atoms with Gasteiger partial charge in [-0.15, -0.1) is 0 Å². The molecule has 1 rings (SSSR count). The van der Waals surface area contributed by atoms with Gasteiger partial charge in [0.25, 0.3) is 0 Å². The van der Waals surface area contributed by atoms with Crippen LogP contribution < -0.4 is 0 Å². The highest BCUT2D eigenvalue weighted by atomic mass is 16.5. The van der Waals surface area contributed by atoms with Crippen molar-refractivity contribution in [3.8, 4) is 11.8 Å². The van der Waals surface area contributed by atoms with Crippen molar-refractivity contribution in [3.63, 3.8) is 0 Å². The zero-order valence-electron chi connectivity index (χ0n) is 9.79. The average molecular weight is 212 g/mol. The highest BCUT2D eigenvalue weighted by Gasteiger charge is 1.99. The van der Waals surface area contributed by atoms with Crippen LogP contribution in [-0.2, 0) is 4.74 Å². The van der Waals surface area contributed by atoms with Crippen LogP contribution in [0.25, 0.3) is 0 Å². The molecule has 82 valence electrons. The summed E-state index contributed by atoms with van der Waals surface area (Å²) in [4.78, 5) is 0. The van der Waals surface area contributed by atoms with Crippen molar-refractivity contribution >= 4 is 0 Å². The van der Waals surface area contributed by atoms with Crippen molar-refractivity contribution in [2.45, 2.75) is 20.3 Å². The van der Waals surface area contributed by atoms with Crippen molar-refractivity contribution in [1.82, 2.24) is 0 Å². The normalized spacial score (nSPS) is 15.8. The van der Waals surface area contributed by atoms with Crippen molar-refractivity contribution in [2.24, 2.45) is 0 Å². The number of ether oxygens (including phenoxy) is 1. The van der Waals surface area contributed by atoms with Gasteiger partial charge in [0.2, 0.25) is 0 Å². The van der Waals surface area contributed by atoms with E-state index in [0.717, 1.165) is 17.1 Å². The molecule has 0 unspecified atom stereocenters. The van der Waals surface area contributed by atoms with Gasteiger partial charge in [-0.25, -0.2) is 0 Å². The molecular formula is C15H16O. The molecular weight excluding hydrogens is 196 g/mol. The lowest BCUT2D eigenvalue weighted by Gasteiger charge is -2.05. The Hall–Kier alpha value is -1.94. The Labute approximate surface area is 97.5 Å². The number of hydrogen-bond acceptors (Lipinski definition) is 1. The molecule has 0 fully saturated rings. The second-order valence-electron chi connectivity index (χ2n) is 3.46. The maximum absolute atomic E-state index is 5.66. The maximum atomic E-state index is 5.66. The Morgan fingerprint density at radius 3 is 3.00 bits per heavy atom. The summed E-state index contributed by atoms with van der Waals surface area (Å²) in [6.45, 7) is 7.51. The van der Waals surface area contributed by atoms with Crippen LogP contribution in [0.4, 0.5) is 0 Å². The second kappa shape index (κ2) is 6.53. The van der Waals surface area contributed by atoms with Crippen LogP contribution in [0.5, 0.6) is 0 Å². The smallest absolute Gasteiger partial charge is 0.115 e. The average Bonchev–Trinajstić information content (AvgIpc) is 2.44. The fourth-order valence-electron chi connectivity index (χ4n) is 1.17. The standard InChI is InChI=1S/C15H16O/c1-4-5-6-9-14(3)16-15-10-7-8-13(2)11-12-15/h4-6,9,11-12H,1,10H2,2-3H3/b6-5-,14-9+. The molecule has 16 heavy (non-hydrogen) atoms. The summed E-state index contributed by atoms with van der Waals surface area (Å²) >= 11 is 0. The molecule has 0 spiro atoms. The van der Waals surface area contributed by atoms with Gasteiger partial charge in [-0.1, -0.05) is 36.6 Å². The first kappa shape index (κ1) is 12.1. The second-order valence-corrected chi connectivity index (χ2v) is 3.46. The summed E-state index contributed by atoms with van der Waals surface area (Å²) in [6, 6.07) is 0. The highest BCUT2D eigenvalue weighted by Crippen LogP contribution is 2.12. The lowest BCUT2D eigenvalue weighted by Crippen LogP contribution is -1.88. The van der Waals surface area contributed by atoms with Gasteiger partial charge in [0.15, 0.2) is 0 Å². The lowest BCUT2D eigenvalue weighted by atomic mass is 10.3. The molecule has 0 amide bonds. The minimum Gasteiger partial charge on any atom is -0.465 e. The van der Waals surface area contributed by atoms with E-state index in [1.165, 1.54) is 0 Å². The highest BCUT2D eigenvalue weighted by molar-refractivity contribution is 5.35. The van der Waals surface area contributed by atoms with Crippen molar-refractivity contribution in [2.75, 3.05) is 0 Å². The zero-order chi connectivity index (χ0) is 11.8. The Bertz CT molecular complexity index is 434. The summed E-state index contributed by atoms with van der Waals surface area (Å²) in [6.07, 6.45) is 12.0. The summed E-state index contributed by atoms with van der Waals surface area (Å²) in [7, 11) is 0. The predicted molar refractivity (Wildman–Crippen MR) is 68.4 cm³/mol. The molecule has 0 bridgehead atoms. The molecule has 1 aliphatic rings. The zero-order valence-corrected chi connectivity index (χ0v) is 9.79. The molecule has 0 aromatic rings. The first-order valence-corrected chi connectivity index (χ1v) is 5.22. The molecule has 1 heteroatoms. The van der Waals surface area contributed by atoms with Gasteiger partial charge in [-0.2, -0.15) is 0 Å². The predicted octanol–water partition coefficient (Wildman–Crippen LogP) is 3.89. The maximum Gasteiger partial charge on any atom is 0.115 e. The van der Waals surface area contributed by atoms with E-state index in [9.17, 15) is 0 Å². The van der Waals surface area contributed by atoms with Gasteiger partial charge in [0.05, 0.1) is 6.42 Å². The van der Waals surface area contributed by atoms with Crippen LogP contribution >= 0.6 is 0 Å². The van der Waals surface area contributed by atoms with E-state index in [1.54, 1.807) is 6.08 Å². The Balaban J connectivity index is 2.62. The van der Waals surface area contributed by atoms with Gasteiger partial charge in [0.1, 0.15) is 11.5 Å². The molecule has 0 heterocycles. The molecule has 0 aliphatic heterocycles. The summed E-state index contributed by atoms with van der Waals surface area (Å²) in [5.41, 5.74) is 1.06. The molecule has 1 nitrogen and oxygen atoms in total. The van der Waals surface area contributed by atoms with E-state index in [1.807, 2.05) is 44.2 Å². The first-order chi connectivity index (χ1) is 7.72. The molecule has 0 saturated carbocycles. The largest absolute Gasteiger partial charge is 0.465 e. The number of allylic oxidation sites excluding steroid dienone is 9. The van der Waals surface area contributed by atoms with E-state index in [2.05, 4.69) is 18.4 Å². The summed E-state index contributed by atoms with van der Waals surface area (Å²) in [5.74, 6) is 7.81. The quantitative estimate of drug-likeness (QED) is 0.390.